The van der Waals surface area contributed by atoms with E-state index in [0.717, 1.165) is 77.0 Å². The molecule has 0 aliphatic heterocycles. The number of carbonyl (C=O) groups excluding carboxylic acids is 3. The molecule has 0 aromatic rings. The summed E-state index contributed by atoms with van der Waals surface area (Å²) in [5, 5.41) is 0. The van der Waals surface area contributed by atoms with Gasteiger partial charge in [-0.05, 0) is 57.8 Å². The molecule has 0 fully saturated rings. The van der Waals surface area contributed by atoms with Crippen LogP contribution < -0.4 is 0 Å². The molecule has 6 heteroatoms. The molecule has 0 amide bonds. The third-order valence-corrected chi connectivity index (χ3v) is 9.04. The zero-order valence-corrected chi connectivity index (χ0v) is 34.5. The molecule has 6 nitrogen and oxygen atoms in total. The van der Waals surface area contributed by atoms with Gasteiger partial charge in [0.2, 0.25) is 0 Å². The minimum atomic E-state index is -0.789. The second kappa shape index (κ2) is 41.9. The molecule has 304 valence electrons. The molecule has 0 radical (unpaired) electrons. The first-order valence-corrected chi connectivity index (χ1v) is 21.8. The Kier molecular flexibility index (Phi) is 39.6. The van der Waals surface area contributed by atoms with Crippen LogP contribution in [0, 0.1) is 0 Å². The quantitative estimate of drug-likeness (QED) is 0.0271. The van der Waals surface area contributed by atoms with Crippen molar-refractivity contribution in [3.05, 3.63) is 60.8 Å². The first kappa shape index (κ1) is 50.1. The van der Waals surface area contributed by atoms with Gasteiger partial charge in [0.05, 0.1) is 0 Å². The molecule has 0 N–H and O–H groups in total. The van der Waals surface area contributed by atoms with Crippen LogP contribution in [0.1, 0.15) is 201 Å². The topological polar surface area (TPSA) is 78.9 Å². The van der Waals surface area contributed by atoms with E-state index < -0.39 is 6.10 Å². The summed E-state index contributed by atoms with van der Waals surface area (Å²) in [6.45, 7) is 6.40. The fourth-order valence-corrected chi connectivity index (χ4v) is 5.77. The number of hydrogen-bond donors (Lipinski definition) is 0. The summed E-state index contributed by atoms with van der Waals surface area (Å²) in [6, 6.07) is 0. The van der Waals surface area contributed by atoms with Gasteiger partial charge < -0.3 is 14.2 Å². The zero-order chi connectivity index (χ0) is 38.7. The maximum absolute atomic E-state index is 12.6. The van der Waals surface area contributed by atoms with Crippen molar-refractivity contribution in [1.29, 1.82) is 0 Å². The zero-order valence-electron chi connectivity index (χ0n) is 34.5. The summed E-state index contributed by atoms with van der Waals surface area (Å²) < 4.78 is 16.6. The van der Waals surface area contributed by atoms with Crippen molar-refractivity contribution in [2.45, 2.75) is 207 Å². The van der Waals surface area contributed by atoms with Gasteiger partial charge in [-0.3, -0.25) is 14.4 Å². The van der Waals surface area contributed by atoms with Gasteiger partial charge in [0.25, 0.3) is 0 Å². The number of hydrogen-bond acceptors (Lipinski definition) is 6. The smallest absolute Gasteiger partial charge is 0.306 e. The highest BCUT2D eigenvalue weighted by Crippen LogP contribution is 2.13. The fourth-order valence-electron chi connectivity index (χ4n) is 5.77. The number of allylic oxidation sites excluding steroid dienone is 10. The molecule has 1 atom stereocenters. The summed E-state index contributed by atoms with van der Waals surface area (Å²) >= 11 is 0. The van der Waals surface area contributed by atoms with E-state index in [2.05, 4.69) is 81.5 Å². The average molecular weight is 741 g/mol. The van der Waals surface area contributed by atoms with Crippen LogP contribution in [-0.2, 0) is 28.6 Å². The second-order valence-electron chi connectivity index (χ2n) is 14.2. The number of rotatable bonds is 38. The highest BCUT2D eigenvalue weighted by molar-refractivity contribution is 5.71. The molecule has 0 heterocycles. The second-order valence-corrected chi connectivity index (χ2v) is 14.2. The Balaban J connectivity index is 4.41. The highest BCUT2D eigenvalue weighted by atomic mass is 16.6. The maximum Gasteiger partial charge on any atom is 0.306 e. The lowest BCUT2D eigenvalue weighted by molar-refractivity contribution is -0.167. The van der Waals surface area contributed by atoms with Crippen LogP contribution in [0.25, 0.3) is 0 Å². The molecule has 0 spiro atoms. The SMILES string of the molecule is CC/C=C\C/C=C\C/C=C\C/C=C\C/C=C\CCCC(=O)OCC(COC(=O)CCCCCCCCC)OC(=O)CCCCCCCCCCCCC. The molecule has 0 aliphatic carbocycles. The third kappa shape index (κ3) is 40.1. The van der Waals surface area contributed by atoms with E-state index in [1.54, 1.807) is 0 Å². The Bertz CT molecular complexity index is 991. The molecule has 0 saturated heterocycles. The summed E-state index contributed by atoms with van der Waals surface area (Å²) in [4.78, 5) is 37.5. The molecular weight excluding hydrogens is 661 g/mol. The summed E-state index contributed by atoms with van der Waals surface area (Å²) in [5.41, 5.74) is 0. The fraction of sp³-hybridized carbons (Fsp3) is 0.723. The van der Waals surface area contributed by atoms with Crippen LogP contribution in [0.2, 0.25) is 0 Å². The first-order valence-electron chi connectivity index (χ1n) is 21.8. The predicted molar refractivity (Wildman–Crippen MR) is 224 cm³/mol. The molecule has 0 aromatic carbocycles. The van der Waals surface area contributed by atoms with Crippen LogP contribution in [-0.4, -0.2) is 37.2 Å². The van der Waals surface area contributed by atoms with E-state index in [4.69, 9.17) is 14.2 Å². The van der Waals surface area contributed by atoms with Gasteiger partial charge in [0.1, 0.15) is 13.2 Å². The largest absolute Gasteiger partial charge is 0.462 e. The van der Waals surface area contributed by atoms with Crippen molar-refractivity contribution in [1.82, 2.24) is 0 Å². The normalized spacial score (nSPS) is 12.6. The Morgan fingerprint density at radius 3 is 1.15 bits per heavy atom. The molecule has 0 aromatic heterocycles. The van der Waals surface area contributed by atoms with E-state index in [0.29, 0.717) is 19.3 Å². The average Bonchev–Trinajstić information content (AvgIpc) is 3.15. The van der Waals surface area contributed by atoms with Crippen LogP contribution in [0.3, 0.4) is 0 Å². The van der Waals surface area contributed by atoms with Crippen molar-refractivity contribution >= 4 is 17.9 Å². The van der Waals surface area contributed by atoms with E-state index in [1.165, 1.54) is 77.0 Å². The number of esters is 3. The van der Waals surface area contributed by atoms with E-state index in [1.807, 2.05) is 0 Å². The van der Waals surface area contributed by atoms with Crippen LogP contribution >= 0.6 is 0 Å². The van der Waals surface area contributed by atoms with Gasteiger partial charge in [-0.2, -0.15) is 0 Å². The van der Waals surface area contributed by atoms with Gasteiger partial charge in [-0.25, -0.2) is 0 Å². The van der Waals surface area contributed by atoms with Gasteiger partial charge >= 0.3 is 17.9 Å². The lowest BCUT2D eigenvalue weighted by atomic mass is 10.1. The van der Waals surface area contributed by atoms with Gasteiger partial charge in [0.15, 0.2) is 6.10 Å². The summed E-state index contributed by atoms with van der Waals surface area (Å²) in [5.74, 6) is -0.963. The monoisotopic (exact) mass is 741 g/mol. The minimum absolute atomic E-state index is 0.0906. The van der Waals surface area contributed by atoms with Crippen molar-refractivity contribution in [3.63, 3.8) is 0 Å². The van der Waals surface area contributed by atoms with E-state index in [-0.39, 0.29) is 37.5 Å². The summed E-state index contributed by atoms with van der Waals surface area (Å²) in [7, 11) is 0. The third-order valence-electron chi connectivity index (χ3n) is 9.04. The molecule has 0 rings (SSSR count). The molecule has 1 unspecified atom stereocenters. The van der Waals surface area contributed by atoms with Gasteiger partial charge in [0, 0.05) is 19.3 Å². The molecule has 0 aliphatic rings. The Hall–Kier alpha value is -2.89. The Morgan fingerprint density at radius 2 is 0.736 bits per heavy atom. The highest BCUT2D eigenvalue weighted by Gasteiger charge is 2.19. The van der Waals surface area contributed by atoms with E-state index in [9.17, 15) is 14.4 Å². The number of carbonyl (C=O) groups is 3. The molecule has 53 heavy (non-hydrogen) atoms. The van der Waals surface area contributed by atoms with Crippen molar-refractivity contribution < 1.29 is 28.6 Å². The van der Waals surface area contributed by atoms with Crippen LogP contribution in [0.15, 0.2) is 60.8 Å². The molecule has 0 saturated carbocycles. The summed E-state index contributed by atoms with van der Waals surface area (Å²) in [6.07, 6.45) is 49.3. The first-order chi connectivity index (χ1) is 26.0. The predicted octanol–water partition coefficient (Wildman–Crippen LogP) is 13.7. The van der Waals surface area contributed by atoms with Gasteiger partial charge in [-0.1, -0.05) is 184 Å². The van der Waals surface area contributed by atoms with Crippen molar-refractivity contribution in [3.8, 4) is 0 Å². The lowest BCUT2D eigenvalue weighted by Gasteiger charge is -2.18. The molecule has 0 bridgehead atoms. The maximum atomic E-state index is 12.6. The Morgan fingerprint density at radius 1 is 0.396 bits per heavy atom. The number of unbranched alkanes of at least 4 members (excludes halogenated alkanes) is 17. The van der Waals surface area contributed by atoms with E-state index >= 15 is 0 Å². The standard InChI is InChI=1S/C47H80O6/c1-4-7-10-13-16-18-20-21-22-23-24-25-27-28-31-34-37-40-46(49)52-43-44(42-51-45(48)39-36-33-30-15-12-9-6-3)53-47(50)41-38-35-32-29-26-19-17-14-11-8-5-2/h7,10,16,18,21-22,24-25,28,31,44H,4-6,8-9,11-15,17,19-20,23,26-27,29-30,32-43H2,1-3H3/b10-7-,18-16-,22-21-,25-24-,31-28-. The number of ether oxygens (including phenoxy) is 3. The van der Waals surface area contributed by atoms with Crippen LogP contribution in [0.4, 0.5) is 0 Å². The van der Waals surface area contributed by atoms with Gasteiger partial charge in [-0.15, -0.1) is 0 Å². The van der Waals surface area contributed by atoms with Crippen molar-refractivity contribution in [2.75, 3.05) is 13.2 Å². The van der Waals surface area contributed by atoms with Crippen molar-refractivity contribution in [2.24, 2.45) is 0 Å². The molecular formula is C47H80O6. The minimum Gasteiger partial charge on any atom is -0.462 e. The lowest BCUT2D eigenvalue weighted by Crippen LogP contribution is -2.30. The van der Waals surface area contributed by atoms with Crippen LogP contribution in [0.5, 0.6) is 0 Å². The Labute approximate surface area is 326 Å².